The largest absolute Gasteiger partial charge is 0.486 e. The fourth-order valence-corrected chi connectivity index (χ4v) is 3.19. The molecule has 25 heavy (non-hydrogen) atoms. The molecular weight excluding hydrogens is 353 g/mol. The van der Waals surface area contributed by atoms with Crippen LogP contribution in [0.25, 0.3) is 0 Å². The van der Waals surface area contributed by atoms with Crippen molar-refractivity contribution >= 4 is 28.9 Å². The lowest BCUT2D eigenvalue weighted by molar-refractivity contribution is 0.306. The molecule has 0 saturated carbocycles. The summed E-state index contributed by atoms with van der Waals surface area (Å²) in [6, 6.07) is 21.9. The summed E-state index contributed by atoms with van der Waals surface area (Å²) in [5.41, 5.74) is 4.37. The van der Waals surface area contributed by atoms with Crippen molar-refractivity contribution in [2.24, 2.45) is 0 Å². The topological polar surface area (TPSA) is 21.3 Å². The highest BCUT2D eigenvalue weighted by Gasteiger charge is 2.10. The third kappa shape index (κ3) is 4.68. The van der Waals surface area contributed by atoms with Gasteiger partial charge in [0.25, 0.3) is 0 Å². The first-order chi connectivity index (χ1) is 12.1. The molecule has 0 heterocycles. The van der Waals surface area contributed by atoms with Gasteiger partial charge in [-0.3, -0.25) is 0 Å². The van der Waals surface area contributed by atoms with Gasteiger partial charge in [0.1, 0.15) is 6.61 Å². The second-order valence-electron chi connectivity index (χ2n) is 5.83. The van der Waals surface area contributed by atoms with Crippen LogP contribution in [-0.2, 0) is 13.2 Å². The summed E-state index contributed by atoms with van der Waals surface area (Å²) in [7, 11) is 0. The molecule has 0 atom stereocenters. The number of hydrogen-bond donors (Lipinski definition) is 1. The lowest BCUT2D eigenvalue weighted by Crippen LogP contribution is -2.02. The molecule has 0 amide bonds. The van der Waals surface area contributed by atoms with Crippen molar-refractivity contribution in [2.45, 2.75) is 20.1 Å². The van der Waals surface area contributed by atoms with E-state index in [9.17, 15) is 0 Å². The Kier molecular flexibility index (Phi) is 5.85. The number of halogens is 2. The predicted octanol–water partition coefficient (Wildman–Crippen LogP) is 6.49. The molecule has 4 heteroatoms. The number of ether oxygens (including phenoxy) is 1. The van der Waals surface area contributed by atoms with E-state index in [0.29, 0.717) is 28.9 Å². The maximum absolute atomic E-state index is 6.38. The summed E-state index contributed by atoms with van der Waals surface area (Å²) in [5, 5.41) is 4.44. The van der Waals surface area contributed by atoms with Gasteiger partial charge in [0, 0.05) is 12.2 Å². The third-order valence-electron chi connectivity index (χ3n) is 3.91. The minimum Gasteiger partial charge on any atom is -0.486 e. The Labute approximate surface area is 158 Å². The van der Waals surface area contributed by atoms with E-state index in [1.54, 1.807) is 0 Å². The Bertz CT molecular complexity index is 827. The SMILES string of the molecule is Cc1ccccc1NCc1cc(Cl)c(OCc2ccccc2)c(Cl)c1. The van der Waals surface area contributed by atoms with Crippen LogP contribution in [0, 0.1) is 6.92 Å². The molecule has 0 saturated heterocycles. The highest BCUT2D eigenvalue weighted by molar-refractivity contribution is 6.37. The molecule has 1 N–H and O–H groups in total. The molecule has 0 aromatic heterocycles. The van der Waals surface area contributed by atoms with Crippen LogP contribution in [0.2, 0.25) is 10.0 Å². The van der Waals surface area contributed by atoms with E-state index >= 15 is 0 Å². The smallest absolute Gasteiger partial charge is 0.156 e. The lowest BCUT2D eigenvalue weighted by atomic mass is 10.1. The van der Waals surface area contributed by atoms with Gasteiger partial charge in [-0.25, -0.2) is 0 Å². The van der Waals surface area contributed by atoms with Crippen molar-refractivity contribution in [1.29, 1.82) is 0 Å². The maximum atomic E-state index is 6.38. The Hall–Kier alpha value is -2.16. The summed E-state index contributed by atoms with van der Waals surface area (Å²) >= 11 is 12.8. The maximum Gasteiger partial charge on any atom is 0.156 e. The number of aryl methyl sites for hydroxylation is 1. The van der Waals surface area contributed by atoms with E-state index in [1.165, 1.54) is 5.56 Å². The van der Waals surface area contributed by atoms with Gasteiger partial charge in [-0.1, -0.05) is 71.7 Å². The van der Waals surface area contributed by atoms with E-state index in [1.807, 2.05) is 54.6 Å². The molecule has 128 valence electrons. The quantitative estimate of drug-likeness (QED) is 0.534. The highest BCUT2D eigenvalue weighted by Crippen LogP contribution is 2.35. The number of hydrogen-bond acceptors (Lipinski definition) is 2. The summed E-state index contributed by atoms with van der Waals surface area (Å²) in [6.07, 6.45) is 0. The van der Waals surface area contributed by atoms with Crippen LogP contribution in [-0.4, -0.2) is 0 Å². The van der Waals surface area contributed by atoms with Gasteiger partial charge in [-0.2, -0.15) is 0 Å². The first-order valence-electron chi connectivity index (χ1n) is 8.07. The molecule has 3 rings (SSSR count). The van der Waals surface area contributed by atoms with E-state index in [4.69, 9.17) is 27.9 Å². The van der Waals surface area contributed by atoms with Crippen LogP contribution in [0.4, 0.5) is 5.69 Å². The van der Waals surface area contributed by atoms with Crippen molar-refractivity contribution < 1.29 is 4.74 Å². The van der Waals surface area contributed by atoms with E-state index in [0.717, 1.165) is 16.8 Å². The Balaban J connectivity index is 1.68. The fourth-order valence-electron chi connectivity index (χ4n) is 2.55. The summed E-state index contributed by atoms with van der Waals surface area (Å²) in [5.74, 6) is 0.520. The van der Waals surface area contributed by atoms with Crippen molar-refractivity contribution in [1.82, 2.24) is 0 Å². The van der Waals surface area contributed by atoms with Gasteiger partial charge in [0.05, 0.1) is 10.0 Å². The number of rotatable bonds is 6. The van der Waals surface area contributed by atoms with Crippen LogP contribution >= 0.6 is 23.2 Å². The van der Waals surface area contributed by atoms with Crippen molar-refractivity contribution in [2.75, 3.05) is 5.32 Å². The van der Waals surface area contributed by atoms with Gasteiger partial charge < -0.3 is 10.1 Å². The Morgan fingerprint density at radius 1 is 0.840 bits per heavy atom. The predicted molar refractivity (Wildman–Crippen MR) is 106 cm³/mol. The average molecular weight is 372 g/mol. The summed E-state index contributed by atoms with van der Waals surface area (Å²) in [6.45, 7) is 3.15. The zero-order valence-electron chi connectivity index (χ0n) is 13.9. The third-order valence-corrected chi connectivity index (χ3v) is 4.47. The number of anilines is 1. The molecule has 0 unspecified atom stereocenters. The van der Waals surface area contributed by atoms with Crippen molar-refractivity contribution in [3.8, 4) is 5.75 Å². The molecular formula is C21H19Cl2NO. The van der Waals surface area contributed by atoms with Crippen LogP contribution in [0.3, 0.4) is 0 Å². The molecule has 2 nitrogen and oxygen atoms in total. The minimum absolute atomic E-state index is 0.432. The monoisotopic (exact) mass is 371 g/mol. The fraction of sp³-hybridized carbons (Fsp3) is 0.143. The van der Waals surface area contributed by atoms with Crippen LogP contribution < -0.4 is 10.1 Å². The van der Waals surface area contributed by atoms with Gasteiger partial charge in [0.2, 0.25) is 0 Å². The lowest BCUT2D eigenvalue weighted by Gasteiger charge is -2.13. The zero-order chi connectivity index (χ0) is 17.6. The van der Waals surface area contributed by atoms with Crippen LogP contribution in [0.1, 0.15) is 16.7 Å². The second-order valence-corrected chi connectivity index (χ2v) is 6.65. The van der Waals surface area contributed by atoms with Gasteiger partial charge >= 0.3 is 0 Å². The average Bonchev–Trinajstić information content (AvgIpc) is 2.61. The summed E-state index contributed by atoms with van der Waals surface area (Å²) < 4.78 is 5.81. The minimum atomic E-state index is 0.432. The normalized spacial score (nSPS) is 10.5. The molecule has 0 aliphatic rings. The van der Waals surface area contributed by atoms with E-state index in [-0.39, 0.29) is 0 Å². The Morgan fingerprint density at radius 2 is 1.48 bits per heavy atom. The van der Waals surface area contributed by atoms with Gasteiger partial charge in [0.15, 0.2) is 5.75 Å². The number of nitrogens with one attached hydrogen (secondary N) is 1. The van der Waals surface area contributed by atoms with E-state index < -0.39 is 0 Å². The molecule has 0 radical (unpaired) electrons. The molecule has 0 aliphatic heterocycles. The number of benzene rings is 3. The van der Waals surface area contributed by atoms with Gasteiger partial charge in [-0.15, -0.1) is 0 Å². The molecule has 0 bridgehead atoms. The summed E-state index contributed by atoms with van der Waals surface area (Å²) in [4.78, 5) is 0. The Morgan fingerprint density at radius 3 is 2.16 bits per heavy atom. The zero-order valence-corrected chi connectivity index (χ0v) is 15.4. The molecule has 3 aromatic carbocycles. The molecule has 0 aliphatic carbocycles. The first-order valence-corrected chi connectivity index (χ1v) is 8.83. The molecule has 0 fully saturated rings. The highest BCUT2D eigenvalue weighted by atomic mass is 35.5. The van der Waals surface area contributed by atoms with Crippen molar-refractivity contribution in [3.63, 3.8) is 0 Å². The van der Waals surface area contributed by atoms with Crippen LogP contribution in [0.15, 0.2) is 66.7 Å². The van der Waals surface area contributed by atoms with Gasteiger partial charge in [-0.05, 0) is 41.8 Å². The first kappa shape index (κ1) is 17.7. The standard InChI is InChI=1S/C21H19Cl2NO/c1-15-7-5-6-10-20(15)24-13-17-11-18(22)21(19(23)12-17)25-14-16-8-3-2-4-9-16/h2-12,24H,13-14H2,1H3. The van der Waals surface area contributed by atoms with E-state index in [2.05, 4.69) is 24.4 Å². The molecule has 0 spiro atoms. The van der Waals surface area contributed by atoms with Crippen molar-refractivity contribution in [3.05, 3.63) is 93.5 Å². The molecule has 3 aromatic rings. The second kappa shape index (κ2) is 8.28. The number of para-hydroxylation sites is 1. The van der Waals surface area contributed by atoms with Crippen LogP contribution in [0.5, 0.6) is 5.75 Å².